The van der Waals surface area contributed by atoms with Crippen molar-refractivity contribution in [3.8, 4) is 0 Å². The number of carboxylic acid groups (broad SMARTS) is 1. The Morgan fingerprint density at radius 2 is 1.65 bits per heavy atom. The molecule has 1 saturated heterocycles. The van der Waals surface area contributed by atoms with Crippen LogP contribution in [0.15, 0.2) is 29.2 Å². The molecule has 1 atom stereocenters. The van der Waals surface area contributed by atoms with Crippen molar-refractivity contribution in [2.45, 2.75) is 61.8 Å². The number of benzene rings is 1. The third-order valence-corrected chi connectivity index (χ3v) is 6.97. The predicted octanol–water partition coefficient (Wildman–Crippen LogP) is 2.97. The van der Waals surface area contributed by atoms with Crippen LogP contribution >= 0.6 is 0 Å². The van der Waals surface area contributed by atoms with E-state index in [1.54, 1.807) is 12.1 Å². The first-order chi connectivity index (χ1) is 11.0. The Hall–Kier alpha value is -1.40. The van der Waals surface area contributed by atoms with Crippen molar-refractivity contribution >= 4 is 16.0 Å². The topological polar surface area (TPSA) is 74.7 Å². The SMILES string of the molecule is O=C(O)C1CCCN1S(=O)(=O)c1ccc(C2CCCCC2)cc1. The largest absolute Gasteiger partial charge is 0.480 e. The second-order valence-corrected chi connectivity index (χ2v) is 8.41. The molecule has 0 amide bonds. The second-order valence-electron chi connectivity index (χ2n) is 6.52. The van der Waals surface area contributed by atoms with Crippen LogP contribution < -0.4 is 0 Å². The summed E-state index contributed by atoms with van der Waals surface area (Å²) in [5.74, 6) is -0.538. The number of carboxylic acids is 1. The first-order valence-corrected chi connectivity index (χ1v) is 9.79. The van der Waals surface area contributed by atoms with Gasteiger partial charge in [0.1, 0.15) is 6.04 Å². The van der Waals surface area contributed by atoms with Crippen LogP contribution in [0, 0.1) is 0 Å². The highest BCUT2D eigenvalue weighted by Gasteiger charge is 2.39. The highest BCUT2D eigenvalue weighted by Crippen LogP contribution is 2.33. The number of rotatable bonds is 4. The lowest BCUT2D eigenvalue weighted by Gasteiger charge is -2.23. The fourth-order valence-corrected chi connectivity index (χ4v) is 5.41. The molecule has 2 aliphatic rings. The maximum atomic E-state index is 12.7. The predicted molar refractivity (Wildman–Crippen MR) is 86.8 cm³/mol. The smallest absolute Gasteiger partial charge is 0.322 e. The van der Waals surface area contributed by atoms with Gasteiger partial charge in [-0.3, -0.25) is 4.79 Å². The Morgan fingerprint density at radius 1 is 1.00 bits per heavy atom. The fourth-order valence-electron chi connectivity index (χ4n) is 3.76. The number of hydrogen-bond acceptors (Lipinski definition) is 3. The summed E-state index contributed by atoms with van der Waals surface area (Å²) in [5, 5.41) is 9.20. The Balaban J connectivity index is 1.81. The average Bonchev–Trinajstić information content (AvgIpc) is 3.07. The zero-order chi connectivity index (χ0) is 16.4. The summed E-state index contributed by atoms with van der Waals surface area (Å²) in [6, 6.07) is 6.13. The Morgan fingerprint density at radius 3 is 2.26 bits per heavy atom. The zero-order valence-corrected chi connectivity index (χ0v) is 14.0. The zero-order valence-electron chi connectivity index (χ0n) is 13.1. The molecule has 3 rings (SSSR count). The van der Waals surface area contributed by atoms with Gasteiger partial charge in [-0.1, -0.05) is 31.4 Å². The summed E-state index contributed by atoms with van der Waals surface area (Å²) >= 11 is 0. The van der Waals surface area contributed by atoms with Crippen LogP contribution in [0.25, 0.3) is 0 Å². The lowest BCUT2D eigenvalue weighted by Crippen LogP contribution is -2.40. The van der Waals surface area contributed by atoms with E-state index < -0.39 is 22.0 Å². The van der Waals surface area contributed by atoms with Crippen molar-refractivity contribution in [3.05, 3.63) is 29.8 Å². The molecule has 1 aliphatic heterocycles. The van der Waals surface area contributed by atoms with Crippen molar-refractivity contribution in [2.24, 2.45) is 0 Å². The number of carbonyl (C=O) groups is 1. The summed E-state index contributed by atoms with van der Waals surface area (Å²) in [6.07, 6.45) is 7.07. The standard InChI is InChI=1S/C17H23NO4S/c19-17(20)16-7-4-12-18(16)23(21,22)15-10-8-14(9-11-15)13-5-2-1-3-6-13/h8-11,13,16H,1-7,12H2,(H,19,20). The Bertz CT molecular complexity index is 662. The minimum Gasteiger partial charge on any atom is -0.480 e. The van der Waals surface area contributed by atoms with Gasteiger partial charge in [0.2, 0.25) is 10.0 Å². The highest BCUT2D eigenvalue weighted by molar-refractivity contribution is 7.89. The summed E-state index contributed by atoms with van der Waals surface area (Å²) in [4.78, 5) is 11.4. The molecule has 1 N–H and O–H groups in total. The minimum atomic E-state index is -3.73. The van der Waals surface area contributed by atoms with Crippen molar-refractivity contribution in [1.82, 2.24) is 4.31 Å². The van der Waals surface area contributed by atoms with Crippen LogP contribution in [0.2, 0.25) is 0 Å². The van der Waals surface area contributed by atoms with Crippen LogP contribution in [0.5, 0.6) is 0 Å². The van der Waals surface area contributed by atoms with E-state index in [0.717, 1.165) is 4.31 Å². The third kappa shape index (κ3) is 3.28. The van der Waals surface area contributed by atoms with E-state index in [0.29, 0.717) is 18.8 Å². The first-order valence-electron chi connectivity index (χ1n) is 8.35. The number of aliphatic carboxylic acids is 1. The molecule has 1 unspecified atom stereocenters. The molecule has 126 valence electrons. The van der Waals surface area contributed by atoms with Crippen LogP contribution in [0.1, 0.15) is 56.4 Å². The average molecular weight is 337 g/mol. The summed E-state index contributed by atoms with van der Waals surface area (Å²) in [5.41, 5.74) is 1.19. The quantitative estimate of drug-likeness (QED) is 0.916. The normalized spacial score (nSPS) is 23.9. The highest BCUT2D eigenvalue weighted by atomic mass is 32.2. The van der Waals surface area contributed by atoms with Crippen molar-refractivity contribution in [2.75, 3.05) is 6.54 Å². The van der Waals surface area contributed by atoms with Gasteiger partial charge in [0.05, 0.1) is 4.90 Å². The third-order valence-electron chi connectivity index (χ3n) is 5.05. The number of nitrogens with zero attached hydrogens (tertiary/aromatic N) is 1. The molecule has 1 saturated carbocycles. The Kier molecular flexibility index (Phi) is 4.73. The molecule has 1 aromatic carbocycles. The van der Waals surface area contributed by atoms with E-state index in [4.69, 9.17) is 0 Å². The molecule has 0 aromatic heterocycles. The molecular weight excluding hydrogens is 314 g/mol. The maximum absolute atomic E-state index is 12.7. The van der Waals surface area contributed by atoms with Crippen LogP contribution in [0.3, 0.4) is 0 Å². The van der Waals surface area contributed by atoms with Crippen LogP contribution in [0.4, 0.5) is 0 Å². The summed E-state index contributed by atoms with van der Waals surface area (Å²) in [7, 11) is -3.73. The van der Waals surface area contributed by atoms with E-state index in [1.807, 2.05) is 12.1 Å². The van der Waals surface area contributed by atoms with Gasteiger partial charge < -0.3 is 5.11 Å². The van der Waals surface area contributed by atoms with Gasteiger partial charge in [-0.05, 0) is 49.3 Å². The van der Waals surface area contributed by atoms with Gasteiger partial charge in [-0.2, -0.15) is 4.31 Å². The van der Waals surface area contributed by atoms with Crippen molar-refractivity contribution < 1.29 is 18.3 Å². The monoisotopic (exact) mass is 337 g/mol. The molecule has 0 radical (unpaired) electrons. The molecule has 0 bridgehead atoms. The van der Waals surface area contributed by atoms with E-state index in [9.17, 15) is 18.3 Å². The van der Waals surface area contributed by atoms with E-state index in [2.05, 4.69) is 0 Å². The van der Waals surface area contributed by atoms with E-state index in [1.165, 1.54) is 37.7 Å². The van der Waals surface area contributed by atoms with Gasteiger partial charge in [0.15, 0.2) is 0 Å². The van der Waals surface area contributed by atoms with Gasteiger partial charge in [0.25, 0.3) is 0 Å². The van der Waals surface area contributed by atoms with Crippen molar-refractivity contribution in [1.29, 1.82) is 0 Å². The van der Waals surface area contributed by atoms with Crippen LogP contribution in [-0.2, 0) is 14.8 Å². The molecular formula is C17H23NO4S. The second kappa shape index (κ2) is 6.61. The molecule has 0 spiro atoms. The van der Waals surface area contributed by atoms with Gasteiger partial charge in [-0.15, -0.1) is 0 Å². The van der Waals surface area contributed by atoms with Gasteiger partial charge >= 0.3 is 5.97 Å². The Labute approximate surface area is 137 Å². The van der Waals surface area contributed by atoms with E-state index >= 15 is 0 Å². The molecule has 6 heteroatoms. The molecule has 2 fully saturated rings. The fraction of sp³-hybridized carbons (Fsp3) is 0.588. The van der Waals surface area contributed by atoms with Gasteiger partial charge in [0, 0.05) is 6.54 Å². The lowest BCUT2D eigenvalue weighted by molar-refractivity contribution is -0.140. The molecule has 1 aromatic rings. The summed E-state index contributed by atoms with van der Waals surface area (Å²) < 4.78 is 26.5. The van der Waals surface area contributed by atoms with Gasteiger partial charge in [-0.25, -0.2) is 8.42 Å². The summed E-state index contributed by atoms with van der Waals surface area (Å²) in [6.45, 7) is 0.281. The lowest BCUT2D eigenvalue weighted by atomic mass is 9.84. The number of sulfonamides is 1. The van der Waals surface area contributed by atoms with Crippen molar-refractivity contribution in [3.63, 3.8) is 0 Å². The maximum Gasteiger partial charge on any atom is 0.322 e. The molecule has 23 heavy (non-hydrogen) atoms. The minimum absolute atomic E-state index is 0.199. The molecule has 1 heterocycles. The van der Waals surface area contributed by atoms with Crippen LogP contribution in [-0.4, -0.2) is 36.4 Å². The van der Waals surface area contributed by atoms with E-state index in [-0.39, 0.29) is 11.4 Å². The number of hydrogen-bond donors (Lipinski definition) is 1. The first kappa shape index (κ1) is 16.5. The molecule has 1 aliphatic carbocycles. The molecule has 5 nitrogen and oxygen atoms in total.